The third-order valence-electron chi connectivity index (χ3n) is 1.93. The van der Waals surface area contributed by atoms with Crippen molar-refractivity contribution in [2.45, 2.75) is 32.1 Å². The van der Waals surface area contributed by atoms with Crippen LogP contribution in [0.1, 0.15) is 26.3 Å². The molecule has 0 aromatic heterocycles. The van der Waals surface area contributed by atoms with E-state index in [1.54, 1.807) is 12.1 Å². The minimum atomic E-state index is -0.232. The molecule has 0 aliphatic rings. The molecule has 0 atom stereocenters. The number of rotatable bonds is 4. The van der Waals surface area contributed by atoms with Crippen LogP contribution in [0.4, 0.5) is 4.39 Å². The standard InChI is InChI=1S/C13H18FNOS/c1-13(2,3)15-12(16)9-17-8-10-4-6-11(14)7-5-10/h4-7H,8-9H2,1-3H3,(H,15,16). The van der Waals surface area contributed by atoms with Crippen molar-refractivity contribution in [1.82, 2.24) is 5.32 Å². The molecule has 4 heteroatoms. The zero-order chi connectivity index (χ0) is 12.9. The monoisotopic (exact) mass is 255 g/mol. The van der Waals surface area contributed by atoms with Gasteiger partial charge < -0.3 is 5.32 Å². The summed E-state index contributed by atoms with van der Waals surface area (Å²) in [5.74, 6) is 0.945. The van der Waals surface area contributed by atoms with Gasteiger partial charge in [-0.2, -0.15) is 0 Å². The average molecular weight is 255 g/mol. The lowest BCUT2D eigenvalue weighted by Crippen LogP contribution is -2.41. The molecule has 0 spiro atoms. The topological polar surface area (TPSA) is 29.1 Å². The fourth-order valence-corrected chi connectivity index (χ4v) is 2.08. The fourth-order valence-electron chi connectivity index (χ4n) is 1.30. The fraction of sp³-hybridized carbons (Fsp3) is 0.462. The molecule has 0 saturated heterocycles. The minimum absolute atomic E-state index is 0.0320. The number of benzene rings is 1. The Morgan fingerprint density at radius 3 is 2.41 bits per heavy atom. The zero-order valence-electron chi connectivity index (χ0n) is 10.4. The minimum Gasteiger partial charge on any atom is -0.351 e. The van der Waals surface area contributed by atoms with E-state index in [0.717, 1.165) is 11.3 Å². The second-order valence-corrected chi connectivity index (χ2v) is 5.90. The first kappa shape index (κ1) is 14.0. The summed E-state index contributed by atoms with van der Waals surface area (Å²) in [4.78, 5) is 11.5. The average Bonchev–Trinajstić information content (AvgIpc) is 2.18. The molecule has 2 nitrogen and oxygen atoms in total. The first-order valence-corrected chi connectivity index (χ1v) is 6.65. The smallest absolute Gasteiger partial charge is 0.230 e. The van der Waals surface area contributed by atoms with Crippen molar-refractivity contribution < 1.29 is 9.18 Å². The molecular weight excluding hydrogens is 237 g/mol. The summed E-state index contributed by atoms with van der Waals surface area (Å²) in [7, 11) is 0. The lowest BCUT2D eigenvalue weighted by molar-refractivity contribution is -0.119. The van der Waals surface area contributed by atoms with E-state index in [0.29, 0.717) is 5.75 Å². The van der Waals surface area contributed by atoms with Gasteiger partial charge in [0, 0.05) is 11.3 Å². The molecule has 17 heavy (non-hydrogen) atoms. The lowest BCUT2D eigenvalue weighted by Gasteiger charge is -2.20. The molecule has 0 saturated carbocycles. The number of hydrogen-bond donors (Lipinski definition) is 1. The predicted molar refractivity (Wildman–Crippen MR) is 70.5 cm³/mol. The summed E-state index contributed by atoms with van der Waals surface area (Å²) in [6.07, 6.45) is 0. The summed E-state index contributed by atoms with van der Waals surface area (Å²) in [6.45, 7) is 5.86. The summed E-state index contributed by atoms with van der Waals surface area (Å²) in [5, 5.41) is 2.89. The summed E-state index contributed by atoms with van der Waals surface area (Å²) in [6, 6.07) is 6.35. The van der Waals surface area contributed by atoms with Gasteiger partial charge in [-0.15, -0.1) is 11.8 Å². The molecule has 94 valence electrons. The van der Waals surface area contributed by atoms with Crippen LogP contribution < -0.4 is 5.32 Å². The van der Waals surface area contributed by atoms with E-state index < -0.39 is 0 Å². The second-order valence-electron chi connectivity index (χ2n) is 4.92. The second kappa shape index (κ2) is 6.05. The highest BCUT2D eigenvalue weighted by atomic mass is 32.2. The van der Waals surface area contributed by atoms with E-state index in [2.05, 4.69) is 5.32 Å². The van der Waals surface area contributed by atoms with Crippen molar-refractivity contribution in [3.05, 3.63) is 35.6 Å². The molecule has 0 fully saturated rings. The highest BCUT2D eigenvalue weighted by molar-refractivity contribution is 7.99. The van der Waals surface area contributed by atoms with Gasteiger partial charge in [0.15, 0.2) is 0 Å². The van der Waals surface area contributed by atoms with E-state index in [9.17, 15) is 9.18 Å². The third-order valence-corrected chi connectivity index (χ3v) is 2.93. The van der Waals surface area contributed by atoms with Crippen molar-refractivity contribution in [2.75, 3.05) is 5.75 Å². The van der Waals surface area contributed by atoms with Crippen LogP contribution in [0.2, 0.25) is 0 Å². The van der Waals surface area contributed by atoms with Gasteiger partial charge in [0.2, 0.25) is 5.91 Å². The number of amides is 1. The number of halogens is 1. The third kappa shape index (κ3) is 6.31. The maximum atomic E-state index is 12.7. The molecule has 0 aliphatic heterocycles. The maximum Gasteiger partial charge on any atom is 0.230 e. The number of thioether (sulfide) groups is 1. The van der Waals surface area contributed by atoms with Gasteiger partial charge >= 0.3 is 0 Å². The van der Waals surface area contributed by atoms with E-state index >= 15 is 0 Å². The van der Waals surface area contributed by atoms with Crippen LogP contribution >= 0.6 is 11.8 Å². The summed E-state index contributed by atoms with van der Waals surface area (Å²) >= 11 is 1.53. The normalized spacial score (nSPS) is 11.3. The van der Waals surface area contributed by atoms with Crippen LogP contribution in [-0.4, -0.2) is 17.2 Å². The quantitative estimate of drug-likeness (QED) is 0.896. The van der Waals surface area contributed by atoms with Crippen LogP contribution in [0, 0.1) is 5.82 Å². The molecule has 1 amide bonds. The summed E-state index contributed by atoms with van der Waals surface area (Å²) in [5.41, 5.74) is 0.841. The first-order chi connectivity index (χ1) is 7.87. The van der Waals surface area contributed by atoms with Crippen molar-refractivity contribution in [2.24, 2.45) is 0 Å². The highest BCUT2D eigenvalue weighted by Gasteiger charge is 2.13. The largest absolute Gasteiger partial charge is 0.351 e. The van der Waals surface area contributed by atoms with E-state index in [-0.39, 0.29) is 17.3 Å². The van der Waals surface area contributed by atoms with Crippen molar-refractivity contribution >= 4 is 17.7 Å². The molecule has 1 aromatic carbocycles. The van der Waals surface area contributed by atoms with Crippen LogP contribution in [0.15, 0.2) is 24.3 Å². The van der Waals surface area contributed by atoms with Crippen molar-refractivity contribution in [3.63, 3.8) is 0 Å². The van der Waals surface area contributed by atoms with Gasteiger partial charge in [0.25, 0.3) is 0 Å². The Bertz CT molecular complexity index is 370. The molecule has 0 radical (unpaired) electrons. The van der Waals surface area contributed by atoms with Crippen LogP contribution in [0.25, 0.3) is 0 Å². The number of hydrogen-bond acceptors (Lipinski definition) is 2. The predicted octanol–water partition coefficient (Wildman–Crippen LogP) is 2.97. The van der Waals surface area contributed by atoms with Gasteiger partial charge in [-0.3, -0.25) is 4.79 Å². The van der Waals surface area contributed by atoms with E-state index in [4.69, 9.17) is 0 Å². The molecule has 1 N–H and O–H groups in total. The molecule has 0 bridgehead atoms. The Labute approximate surface area is 106 Å². The molecular formula is C13H18FNOS. The van der Waals surface area contributed by atoms with Gasteiger partial charge in [0.1, 0.15) is 5.82 Å². The molecule has 0 aliphatic carbocycles. The van der Waals surface area contributed by atoms with Crippen molar-refractivity contribution in [3.8, 4) is 0 Å². The Morgan fingerprint density at radius 2 is 1.88 bits per heavy atom. The zero-order valence-corrected chi connectivity index (χ0v) is 11.2. The van der Waals surface area contributed by atoms with Gasteiger partial charge in [-0.1, -0.05) is 12.1 Å². The Kier molecular flexibility index (Phi) is 5.00. The van der Waals surface area contributed by atoms with E-state index in [1.807, 2.05) is 20.8 Å². The molecule has 1 aromatic rings. The lowest BCUT2D eigenvalue weighted by atomic mass is 10.1. The van der Waals surface area contributed by atoms with E-state index in [1.165, 1.54) is 23.9 Å². The number of nitrogens with one attached hydrogen (secondary N) is 1. The Hall–Kier alpha value is -1.03. The number of carbonyl (C=O) groups excluding carboxylic acids is 1. The van der Waals surface area contributed by atoms with Gasteiger partial charge in [-0.25, -0.2) is 4.39 Å². The van der Waals surface area contributed by atoms with Crippen molar-refractivity contribution in [1.29, 1.82) is 0 Å². The van der Waals surface area contributed by atoms with Gasteiger partial charge in [-0.05, 0) is 38.5 Å². The Morgan fingerprint density at radius 1 is 1.29 bits per heavy atom. The maximum absolute atomic E-state index is 12.7. The Balaban J connectivity index is 2.28. The van der Waals surface area contributed by atoms with Crippen LogP contribution in [0.5, 0.6) is 0 Å². The van der Waals surface area contributed by atoms with Gasteiger partial charge in [0.05, 0.1) is 5.75 Å². The van der Waals surface area contributed by atoms with Crippen LogP contribution in [-0.2, 0) is 10.5 Å². The SMILES string of the molecule is CC(C)(C)NC(=O)CSCc1ccc(F)cc1. The molecule has 1 rings (SSSR count). The number of carbonyl (C=O) groups is 1. The van der Waals surface area contributed by atoms with Crippen LogP contribution in [0.3, 0.4) is 0 Å². The molecule has 0 heterocycles. The molecule has 0 unspecified atom stereocenters. The highest BCUT2D eigenvalue weighted by Crippen LogP contribution is 2.12. The summed E-state index contributed by atoms with van der Waals surface area (Å²) < 4.78 is 12.7. The first-order valence-electron chi connectivity index (χ1n) is 5.50.